The van der Waals surface area contributed by atoms with Crippen molar-refractivity contribution >= 4 is 21.8 Å². The van der Waals surface area contributed by atoms with Gasteiger partial charge in [0, 0.05) is 11.0 Å². The van der Waals surface area contributed by atoms with Crippen molar-refractivity contribution in [1.29, 1.82) is 0 Å². The van der Waals surface area contributed by atoms with Crippen LogP contribution in [0.25, 0.3) is 0 Å². The maximum atomic E-state index is 11.9. The van der Waals surface area contributed by atoms with E-state index in [1.807, 2.05) is 5.32 Å². The monoisotopic (exact) mass is 295 g/mol. The molecule has 6 heteroatoms. The molecule has 0 bridgehead atoms. The maximum absolute atomic E-state index is 11.9. The van der Waals surface area contributed by atoms with Gasteiger partial charge in [-0.1, -0.05) is 22.0 Å². The van der Waals surface area contributed by atoms with Crippen LogP contribution in [-0.2, 0) is 11.3 Å². The van der Waals surface area contributed by atoms with E-state index in [2.05, 4.69) is 15.9 Å². The molecule has 0 aliphatic rings. The Hall–Kier alpha value is -1.04. The molecule has 0 heterocycles. The van der Waals surface area contributed by atoms with E-state index in [4.69, 9.17) is 0 Å². The molecule has 0 aromatic heterocycles. The SMILES string of the molecule is Cc1ccc(Br)cc1CNC(=O)C(F)(F)F. The lowest BCUT2D eigenvalue weighted by molar-refractivity contribution is -0.173. The smallest absolute Gasteiger partial charge is 0.344 e. The average Bonchev–Trinajstić information content (AvgIpc) is 2.17. The van der Waals surface area contributed by atoms with E-state index >= 15 is 0 Å². The van der Waals surface area contributed by atoms with Crippen molar-refractivity contribution in [1.82, 2.24) is 5.32 Å². The van der Waals surface area contributed by atoms with Crippen molar-refractivity contribution in [2.24, 2.45) is 0 Å². The Morgan fingerprint density at radius 2 is 2.06 bits per heavy atom. The third-order valence-electron chi connectivity index (χ3n) is 2.01. The zero-order valence-corrected chi connectivity index (χ0v) is 9.95. The first kappa shape index (κ1) is 13.0. The van der Waals surface area contributed by atoms with Gasteiger partial charge >= 0.3 is 12.1 Å². The van der Waals surface area contributed by atoms with Gasteiger partial charge in [0.05, 0.1) is 0 Å². The Morgan fingerprint density at radius 3 is 2.62 bits per heavy atom. The normalized spacial score (nSPS) is 11.3. The summed E-state index contributed by atoms with van der Waals surface area (Å²) in [7, 11) is 0. The minimum absolute atomic E-state index is 0.135. The Balaban J connectivity index is 2.68. The molecule has 88 valence electrons. The predicted octanol–water partition coefficient (Wildman–Crippen LogP) is 2.94. The van der Waals surface area contributed by atoms with Crippen LogP contribution in [0.1, 0.15) is 11.1 Å². The first-order valence-corrected chi connectivity index (χ1v) is 5.20. The van der Waals surface area contributed by atoms with Gasteiger partial charge in [-0.2, -0.15) is 13.2 Å². The van der Waals surface area contributed by atoms with Gasteiger partial charge in [0.1, 0.15) is 0 Å². The molecule has 0 saturated heterocycles. The topological polar surface area (TPSA) is 29.1 Å². The van der Waals surface area contributed by atoms with Crippen molar-refractivity contribution in [3.63, 3.8) is 0 Å². The second-order valence-electron chi connectivity index (χ2n) is 3.25. The summed E-state index contributed by atoms with van der Waals surface area (Å²) in [6.45, 7) is 1.63. The average molecular weight is 296 g/mol. The van der Waals surface area contributed by atoms with Gasteiger partial charge in [0.15, 0.2) is 0 Å². The lowest BCUT2D eigenvalue weighted by Gasteiger charge is -2.10. The van der Waals surface area contributed by atoms with Crippen molar-refractivity contribution in [3.8, 4) is 0 Å². The highest BCUT2D eigenvalue weighted by Crippen LogP contribution is 2.17. The molecule has 0 saturated carbocycles. The molecular formula is C10H9BrF3NO. The second kappa shape index (κ2) is 4.86. The Bertz CT molecular complexity index is 404. The first-order valence-electron chi connectivity index (χ1n) is 4.41. The van der Waals surface area contributed by atoms with Crippen LogP contribution in [0.5, 0.6) is 0 Å². The number of nitrogens with one attached hydrogen (secondary N) is 1. The summed E-state index contributed by atoms with van der Waals surface area (Å²) in [4.78, 5) is 10.6. The number of alkyl halides is 3. The molecule has 0 unspecified atom stereocenters. The summed E-state index contributed by atoms with van der Waals surface area (Å²) in [5, 5.41) is 1.82. The Morgan fingerprint density at radius 1 is 1.44 bits per heavy atom. The van der Waals surface area contributed by atoms with E-state index in [9.17, 15) is 18.0 Å². The van der Waals surface area contributed by atoms with Gasteiger partial charge in [0.2, 0.25) is 0 Å². The van der Waals surface area contributed by atoms with Gasteiger partial charge in [-0.25, -0.2) is 0 Å². The van der Waals surface area contributed by atoms with E-state index in [0.29, 0.717) is 5.56 Å². The van der Waals surface area contributed by atoms with Crippen molar-refractivity contribution in [2.45, 2.75) is 19.6 Å². The number of hydrogen-bond acceptors (Lipinski definition) is 1. The summed E-state index contributed by atoms with van der Waals surface area (Å²) in [5.74, 6) is -1.92. The molecule has 2 nitrogen and oxygen atoms in total. The fourth-order valence-corrected chi connectivity index (χ4v) is 1.51. The highest BCUT2D eigenvalue weighted by atomic mass is 79.9. The van der Waals surface area contributed by atoms with Crippen LogP contribution in [0.4, 0.5) is 13.2 Å². The predicted molar refractivity (Wildman–Crippen MR) is 56.8 cm³/mol. The zero-order valence-electron chi connectivity index (χ0n) is 8.36. The number of hydrogen-bond donors (Lipinski definition) is 1. The second-order valence-corrected chi connectivity index (χ2v) is 4.17. The molecule has 1 rings (SSSR count). The van der Waals surface area contributed by atoms with E-state index in [0.717, 1.165) is 10.0 Å². The minimum Gasteiger partial charge on any atom is -0.344 e. The van der Waals surface area contributed by atoms with Crippen LogP contribution in [0.2, 0.25) is 0 Å². The van der Waals surface area contributed by atoms with Crippen LogP contribution in [-0.4, -0.2) is 12.1 Å². The molecule has 1 N–H and O–H groups in total. The maximum Gasteiger partial charge on any atom is 0.471 e. The number of rotatable bonds is 2. The molecule has 0 aliphatic heterocycles. The fraction of sp³-hybridized carbons (Fsp3) is 0.300. The van der Waals surface area contributed by atoms with Crippen LogP contribution in [0.3, 0.4) is 0 Å². The van der Waals surface area contributed by atoms with Crippen molar-refractivity contribution in [3.05, 3.63) is 33.8 Å². The molecular weight excluding hydrogens is 287 g/mol. The Kier molecular flexibility index (Phi) is 3.96. The van der Waals surface area contributed by atoms with E-state index in [1.54, 1.807) is 25.1 Å². The highest BCUT2D eigenvalue weighted by molar-refractivity contribution is 9.10. The number of carbonyl (C=O) groups is 1. The lowest BCUT2D eigenvalue weighted by Crippen LogP contribution is -2.36. The number of aryl methyl sites for hydroxylation is 1. The van der Waals surface area contributed by atoms with Crippen LogP contribution in [0, 0.1) is 6.92 Å². The first-order chi connectivity index (χ1) is 7.30. The lowest BCUT2D eigenvalue weighted by atomic mass is 10.1. The molecule has 16 heavy (non-hydrogen) atoms. The molecule has 0 radical (unpaired) electrons. The molecule has 1 aromatic carbocycles. The van der Waals surface area contributed by atoms with E-state index < -0.39 is 12.1 Å². The molecule has 1 aromatic rings. The quantitative estimate of drug-likeness (QED) is 0.893. The number of benzene rings is 1. The van der Waals surface area contributed by atoms with Gasteiger partial charge in [-0.15, -0.1) is 0 Å². The largest absolute Gasteiger partial charge is 0.471 e. The Labute approximate surface area is 99.0 Å². The third kappa shape index (κ3) is 3.52. The van der Waals surface area contributed by atoms with Crippen LogP contribution < -0.4 is 5.32 Å². The van der Waals surface area contributed by atoms with Crippen molar-refractivity contribution in [2.75, 3.05) is 0 Å². The third-order valence-corrected chi connectivity index (χ3v) is 2.50. The summed E-state index contributed by atoms with van der Waals surface area (Å²) in [6.07, 6.45) is -4.83. The van der Waals surface area contributed by atoms with Gasteiger partial charge in [-0.3, -0.25) is 4.79 Å². The zero-order chi connectivity index (χ0) is 12.3. The van der Waals surface area contributed by atoms with Crippen molar-refractivity contribution < 1.29 is 18.0 Å². The summed E-state index contributed by atoms with van der Waals surface area (Å²) < 4.78 is 36.5. The van der Waals surface area contributed by atoms with Gasteiger partial charge < -0.3 is 5.32 Å². The molecule has 0 atom stereocenters. The highest BCUT2D eigenvalue weighted by Gasteiger charge is 2.38. The molecule has 0 fully saturated rings. The van der Waals surface area contributed by atoms with Gasteiger partial charge in [0.25, 0.3) is 0 Å². The van der Waals surface area contributed by atoms with Gasteiger partial charge in [-0.05, 0) is 30.2 Å². The number of halogens is 4. The molecule has 1 amide bonds. The molecule has 0 aliphatic carbocycles. The van der Waals surface area contributed by atoms with E-state index in [-0.39, 0.29) is 6.54 Å². The van der Waals surface area contributed by atoms with Crippen LogP contribution in [0.15, 0.2) is 22.7 Å². The van der Waals surface area contributed by atoms with E-state index in [1.165, 1.54) is 0 Å². The number of amides is 1. The summed E-state index contributed by atoms with van der Waals surface area (Å²) in [6, 6.07) is 5.22. The summed E-state index contributed by atoms with van der Waals surface area (Å²) >= 11 is 3.21. The molecule has 0 spiro atoms. The standard InChI is InChI=1S/C10H9BrF3NO/c1-6-2-3-8(11)4-7(6)5-15-9(16)10(12,13)14/h2-4H,5H2,1H3,(H,15,16). The summed E-state index contributed by atoms with van der Waals surface area (Å²) in [5.41, 5.74) is 1.47. The fourth-order valence-electron chi connectivity index (χ4n) is 1.11. The number of carbonyl (C=O) groups excluding carboxylic acids is 1. The van der Waals surface area contributed by atoms with Crippen LogP contribution >= 0.6 is 15.9 Å². The minimum atomic E-state index is -4.83.